The fraction of sp³-hybridized carbons (Fsp3) is 0.294. The summed E-state index contributed by atoms with van der Waals surface area (Å²) in [6.45, 7) is 1.50. The van der Waals surface area contributed by atoms with Gasteiger partial charge in [-0.1, -0.05) is 35.3 Å². The van der Waals surface area contributed by atoms with E-state index < -0.39 is 0 Å². The summed E-state index contributed by atoms with van der Waals surface area (Å²) in [6.07, 6.45) is 0.931. The number of hydrogen-bond donors (Lipinski definition) is 1. The van der Waals surface area contributed by atoms with Crippen LogP contribution in [0.5, 0.6) is 11.5 Å². The Kier molecular flexibility index (Phi) is 6.37. The van der Waals surface area contributed by atoms with Crippen LogP contribution in [0.3, 0.4) is 0 Å². The molecule has 0 aliphatic heterocycles. The standard InChI is InChI=1S/C17H19Cl2NO2/c1-21-15-5-3-12(4-6-15)7-8-20-11-13-9-14(18)10-16(19)17(13)22-2/h3-6,9-10,20H,7-8,11H2,1-2H3. The molecule has 118 valence electrons. The van der Waals surface area contributed by atoms with Crippen LogP contribution in [0.25, 0.3) is 0 Å². The smallest absolute Gasteiger partial charge is 0.142 e. The summed E-state index contributed by atoms with van der Waals surface area (Å²) in [7, 11) is 3.27. The van der Waals surface area contributed by atoms with E-state index in [-0.39, 0.29) is 0 Å². The number of rotatable bonds is 7. The minimum atomic E-state index is 0.530. The van der Waals surface area contributed by atoms with E-state index in [0.29, 0.717) is 22.3 Å². The lowest BCUT2D eigenvalue weighted by Crippen LogP contribution is -2.17. The van der Waals surface area contributed by atoms with E-state index in [0.717, 1.165) is 24.3 Å². The zero-order valence-electron chi connectivity index (χ0n) is 12.7. The number of benzene rings is 2. The van der Waals surface area contributed by atoms with E-state index in [2.05, 4.69) is 17.4 Å². The van der Waals surface area contributed by atoms with E-state index >= 15 is 0 Å². The number of halogens is 2. The molecule has 0 radical (unpaired) electrons. The fourth-order valence-electron chi connectivity index (χ4n) is 2.22. The van der Waals surface area contributed by atoms with Gasteiger partial charge in [0.25, 0.3) is 0 Å². The van der Waals surface area contributed by atoms with Crippen LogP contribution in [-0.4, -0.2) is 20.8 Å². The second-order valence-electron chi connectivity index (χ2n) is 4.85. The molecule has 0 saturated carbocycles. The van der Waals surface area contributed by atoms with E-state index in [1.165, 1.54) is 5.56 Å². The SMILES string of the molecule is COc1ccc(CCNCc2cc(Cl)cc(Cl)c2OC)cc1. The van der Waals surface area contributed by atoms with E-state index in [4.69, 9.17) is 32.7 Å². The Morgan fingerprint density at radius 1 is 1.00 bits per heavy atom. The summed E-state index contributed by atoms with van der Waals surface area (Å²) in [5.41, 5.74) is 2.21. The van der Waals surface area contributed by atoms with Crippen molar-refractivity contribution in [3.8, 4) is 11.5 Å². The second kappa shape index (κ2) is 8.28. The van der Waals surface area contributed by atoms with Gasteiger partial charge in [-0.05, 0) is 42.8 Å². The second-order valence-corrected chi connectivity index (χ2v) is 5.70. The van der Waals surface area contributed by atoms with E-state index in [1.807, 2.05) is 18.2 Å². The van der Waals surface area contributed by atoms with Crippen molar-refractivity contribution in [1.29, 1.82) is 0 Å². The fourth-order valence-corrected chi connectivity index (χ4v) is 2.83. The molecule has 0 aromatic heterocycles. The molecule has 0 aliphatic carbocycles. The summed E-state index contributed by atoms with van der Waals surface area (Å²) in [5, 5.41) is 4.52. The third-order valence-corrected chi connectivity index (χ3v) is 3.85. The summed E-state index contributed by atoms with van der Waals surface area (Å²) in [5.74, 6) is 1.54. The molecule has 0 saturated heterocycles. The molecule has 0 bridgehead atoms. The maximum absolute atomic E-state index is 6.12. The van der Waals surface area contributed by atoms with Gasteiger partial charge in [0.1, 0.15) is 11.5 Å². The van der Waals surface area contributed by atoms with Crippen molar-refractivity contribution in [2.75, 3.05) is 20.8 Å². The van der Waals surface area contributed by atoms with Crippen LogP contribution in [0.4, 0.5) is 0 Å². The van der Waals surface area contributed by atoms with Gasteiger partial charge < -0.3 is 14.8 Å². The Bertz CT molecular complexity index is 615. The summed E-state index contributed by atoms with van der Waals surface area (Å²) in [6, 6.07) is 11.6. The highest BCUT2D eigenvalue weighted by atomic mass is 35.5. The quantitative estimate of drug-likeness (QED) is 0.761. The molecule has 2 aromatic rings. The Morgan fingerprint density at radius 2 is 1.73 bits per heavy atom. The maximum Gasteiger partial charge on any atom is 0.142 e. The first-order chi connectivity index (χ1) is 10.6. The zero-order valence-corrected chi connectivity index (χ0v) is 14.2. The summed E-state index contributed by atoms with van der Waals surface area (Å²) < 4.78 is 10.5. The van der Waals surface area contributed by atoms with Crippen LogP contribution < -0.4 is 14.8 Å². The van der Waals surface area contributed by atoms with Crippen molar-refractivity contribution in [2.24, 2.45) is 0 Å². The van der Waals surface area contributed by atoms with Crippen molar-refractivity contribution in [1.82, 2.24) is 5.32 Å². The van der Waals surface area contributed by atoms with Crippen molar-refractivity contribution in [2.45, 2.75) is 13.0 Å². The predicted molar refractivity (Wildman–Crippen MR) is 91.4 cm³/mol. The molecular formula is C17H19Cl2NO2. The van der Waals surface area contributed by atoms with Crippen molar-refractivity contribution in [3.63, 3.8) is 0 Å². The molecule has 0 amide bonds. The predicted octanol–water partition coefficient (Wildman–Crippen LogP) is 4.34. The molecule has 2 rings (SSSR count). The molecule has 0 aliphatic rings. The van der Waals surface area contributed by atoms with Gasteiger partial charge in [0, 0.05) is 17.1 Å². The molecule has 2 aromatic carbocycles. The first-order valence-corrected chi connectivity index (χ1v) is 7.75. The molecule has 0 unspecified atom stereocenters. The minimum absolute atomic E-state index is 0.530. The van der Waals surface area contributed by atoms with Crippen molar-refractivity contribution < 1.29 is 9.47 Å². The summed E-state index contributed by atoms with van der Waals surface area (Å²) >= 11 is 12.2. The number of ether oxygens (including phenoxy) is 2. The Labute approximate surface area is 141 Å². The first kappa shape index (κ1) is 16.9. The van der Waals surface area contributed by atoms with Crippen LogP contribution in [0.1, 0.15) is 11.1 Å². The molecule has 3 nitrogen and oxygen atoms in total. The van der Waals surface area contributed by atoms with Crippen LogP contribution in [0.15, 0.2) is 36.4 Å². The first-order valence-electron chi connectivity index (χ1n) is 6.99. The van der Waals surface area contributed by atoms with Crippen LogP contribution in [0.2, 0.25) is 10.0 Å². The normalized spacial score (nSPS) is 10.5. The summed E-state index contributed by atoms with van der Waals surface area (Å²) in [4.78, 5) is 0. The highest BCUT2D eigenvalue weighted by molar-refractivity contribution is 6.35. The molecule has 0 fully saturated rings. The van der Waals surface area contributed by atoms with E-state index in [9.17, 15) is 0 Å². The molecule has 1 N–H and O–H groups in total. The van der Waals surface area contributed by atoms with Crippen LogP contribution >= 0.6 is 23.2 Å². The minimum Gasteiger partial charge on any atom is -0.497 e. The highest BCUT2D eigenvalue weighted by Gasteiger charge is 2.09. The lowest BCUT2D eigenvalue weighted by molar-refractivity contribution is 0.408. The molecule has 5 heteroatoms. The van der Waals surface area contributed by atoms with Gasteiger partial charge in [-0.2, -0.15) is 0 Å². The van der Waals surface area contributed by atoms with Gasteiger partial charge in [-0.3, -0.25) is 0 Å². The Morgan fingerprint density at radius 3 is 2.36 bits per heavy atom. The van der Waals surface area contributed by atoms with Gasteiger partial charge in [0.2, 0.25) is 0 Å². The molecular weight excluding hydrogens is 321 g/mol. The topological polar surface area (TPSA) is 30.5 Å². The zero-order chi connectivity index (χ0) is 15.9. The van der Waals surface area contributed by atoms with Crippen molar-refractivity contribution in [3.05, 3.63) is 57.6 Å². The third kappa shape index (κ3) is 4.54. The highest BCUT2D eigenvalue weighted by Crippen LogP contribution is 2.32. The Balaban J connectivity index is 1.88. The van der Waals surface area contributed by atoms with Crippen LogP contribution in [-0.2, 0) is 13.0 Å². The molecule has 22 heavy (non-hydrogen) atoms. The van der Waals surface area contributed by atoms with Gasteiger partial charge >= 0.3 is 0 Å². The molecule has 0 heterocycles. The van der Waals surface area contributed by atoms with Gasteiger partial charge in [-0.15, -0.1) is 0 Å². The number of methoxy groups -OCH3 is 2. The van der Waals surface area contributed by atoms with Gasteiger partial charge in [0.15, 0.2) is 0 Å². The third-order valence-electron chi connectivity index (χ3n) is 3.35. The monoisotopic (exact) mass is 339 g/mol. The maximum atomic E-state index is 6.12. The van der Waals surface area contributed by atoms with Gasteiger partial charge in [0.05, 0.1) is 19.2 Å². The molecule has 0 spiro atoms. The number of nitrogens with one attached hydrogen (secondary N) is 1. The lowest BCUT2D eigenvalue weighted by Gasteiger charge is -2.12. The van der Waals surface area contributed by atoms with Crippen molar-refractivity contribution >= 4 is 23.2 Å². The average Bonchev–Trinajstić information content (AvgIpc) is 2.52. The van der Waals surface area contributed by atoms with Gasteiger partial charge in [-0.25, -0.2) is 0 Å². The van der Waals surface area contributed by atoms with E-state index in [1.54, 1.807) is 20.3 Å². The lowest BCUT2D eigenvalue weighted by atomic mass is 10.1. The average molecular weight is 340 g/mol. The largest absolute Gasteiger partial charge is 0.497 e. The van der Waals surface area contributed by atoms with Crippen LogP contribution in [0, 0.1) is 0 Å². The number of hydrogen-bond acceptors (Lipinski definition) is 3. The molecule has 0 atom stereocenters. The Hall–Kier alpha value is -1.42.